The highest BCUT2D eigenvalue weighted by Gasteiger charge is 2.01. The summed E-state index contributed by atoms with van der Waals surface area (Å²) in [6, 6.07) is 8.49. The molecule has 2 N–H and O–H groups in total. The predicted octanol–water partition coefficient (Wildman–Crippen LogP) is 3.23. The summed E-state index contributed by atoms with van der Waals surface area (Å²) < 4.78 is 18.3. The van der Waals surface area contributed by atoms with E-state index in [0.29, 0.717) is 18.9 Å². The van der Waals surface area contributed by atoms with Crippen LogP contribution in [0.3, 0.4) is 0 Å². The molecule has 0 amide bonds. The number of nitrogens with two attached hydrogens (primary N) is 1. The number of nitrogen functional groups attached to an aromatic ring is 1. The van der Waals surface area contributed by atoms with Gasteiger partial charge in [0.2, 0.25) is 0 Å². The largest absolute Gasteiger partial charge is 0.398 e. The lowest BCUT2D eigenvalue weighted by Crippen LogP contribution is -2.01. The fourth-order valence-electron chi connectivity index (χ4n) is 1.51. The van der Waals surface area contributed by atoms with Crippen molar-refractivity contribution in [1.29, 1.82) is 0 Å². The van der Waals surface area contributed by atoms with Crippen LogP contribution in [0.15, 0.2) is 35.7 Å². The second-order valence-corrected chi connectivity index (χ2v) is 4.76. The topological polar surface area (TPSA) is 35.2 Å². The Morgan fingerprint density at radius 1 is 1.29 bits per heavy atom. The molecule has 0 radical (unpaired) electrons. The van der Waals surface area contributed by atoms with Crippen LogP contribution >= 0.6 is 11.3 Å². The van der Waals surface area contributed by atoms with Crippen molar-refractivity contribution >= 4 is 17.0 Å². The van der Waals surface area contributed by atoms with Gasteiger partial charge in [-0.3, -0.25) is 0 Å². The van der Waals surface area contributed by atoms with E-state index in [0.717, 1.165) is 12.0 Å². The second-order valence-electron chi connectivity index (χ2n) is 3.73. The highest BCUT2D eigenvalue weighted by Crippen LogP contribution is 2.15. The molecule has 0 aliphatic heterocycles. The molecule has 1 aromatic carbocycles. The van der Waals surface area contributed by atoms with E-state index in [1.807, 2.05) is 11.4 Å². The van der Waals surface area contributed by atoms with E-state index in [2.05, 4.69) is 6.07 Å². The van der Waals surface area contributed by atoms with Crippen molar-refractivity contribution in [1.82, 2.24) is 0 Å². The summed E-state index contributed by atoms with van der Waals surface area (Å²) in [6.07, 6.45) is 0.902. The molecule has 1 aromatic heterocycles. The molecular weight excluding hydrogens is 237 g/mol. The first-order chi connectivity index (χ1) is 8.25. The van der Waals surface area contributed by atoms with E-state index < -0.39 is 0 Å². The van der Waals surface area contributed by atoms with E-state index in [4.69, 9.17) is 10.5 Å². The number of thiophene rings is 1. The minimum absolute atomic E-state index is 0.315. The molecule has 0 saturated carbocycles. The van der Waals surface area contributed by atoms with Crippen molar-refractivity contribution in [3.05, 3.63) is 52.0 Å². The van der Waals surface area contributed by atoms with Gasteiger partial charge in [-0.1, -0.05) is 12.1 Å². The van der Waals surface area contributed by atoms with Gasteiger partial charge in [0.05, 0.1) is 13.2 Å². The zero-order valence-corrected chi connectivity index (χ0v) is 10.2. The van der Waals surface area contributed by atoms with E-state index in [-0.39, 0.29) is 5.82 Å². The molecule has 0 spiro atoms. The van der Waals surface area contributed by atoms with E-state index in [1.54, 1.807) is 17.4 Å². The standard InChI is InChI=1S/C13H14FNOS/c14-11-4-3-10(13(15)8-11)9-16-6-5-12-2-1-7-17-12/h1-4,7-8H,5-6,9,15H2. The van der Waals surface area contributed by atoms with Crippen LogP contribution in [-0.2, 0) is 17.8 Å². The van der Waals surface area contributed by atoms with Crippen LogP contribution in [0.2, 0.25) is 0 Å². The normalized spacial score (nSPS) is 10.6. The van der Waals surface area contributed by atoms with Gasteiger partial charge < -0.3 is 10.5 Å². The molecule has 0 aliphatic rings. The Bertz CT molecular complexity index is 470. The Kier molecular flexibility index (Phi) is 4.12. The lowest BCUT2D eigenvalue weighted by molar-refractivity contribution is 0.124. The number of benzene rings is 1. The van der Waals surface area contributed by atoms with Crippen molar-refractivity contribution in [2.24, 2.45) is 0 Å². The molecule has 2 rings (SSSR count). The summed E-state index contributed by atoms with van der Waals surface area (Å²) >= 11 is 1.72. The quantitative estimate of drug-likeness (QED) is 0.654. The lowest BCUT2D eigenvalue weighted by Gasteiger charge is -2.06. The monoisotopic (exact) mass is 251 g/mol. The number of anilines is 1. The molecule has 0 saturated heterocycles. The van der Waals surface area contributed by atoms with Gasteiger partial charge in [-0.05, 0) is 23.6 Å². The smallest absolute Gasteiger partial charge is 0.125 e. The Morgan fingerprint density at radius 3 is 2.88 bits per heavy atom. The number of ether oxygens (including phenoxy) is 1. The summed E-state index contributed by atoms with van der Waals surface area (Å²) in [5, 5.41) is 2.05. The number of hydrogen-bond acceptors (Lipinski definition) is 3. The van der Waals surface area contributed by atoms with Gasteiger partial charge in [0.1, 0.15) is 5.82 Å². The van der Waals surface area contributed by atoms with Crippen LogP contribution in [0.4, 0.5) is 10.1 Å². The minimum atomic E-state index is -0.315. The average Bonchev–Trinajstić information content (AvgIpc) is 2.79. The summed E-state index contributed by atoms with van der Waals surface area (Å²) in [6.45, 7) is 1.08. The van der Waals surface area contributed by atoms with Crippen molar-refractivity contribution < 1.29 is 9.13 Å². The number of halogens is 1. The summed E-state index contributed by atoms with van der Waals surface area (Å²) in [5.74, 6) is -0.315. The molecule has 90 valence electrons. The van der Waals surface area contributed by atoms with Crippen LogP contribution in [0.5, 0.6) is 0 Å². The van der Waals surface area contributed by atoms with Crippen LogP contribution in [0.25, 0.3) is 0 Å². The number of rotatable bonds is 5. The molecule has 0 atom stereocenters. The molecule has 0 unspecified atom stereocenters. The number of hydrogen-bond donors (Lipinski definition) is 1. The first-order valence-electron chi connectivity index (χ1n) is 5.40. The first kappa shape index (κ1) is 12.1. The Labute approximate surface area is 104 Å². The molecule has 0 bridgehead atoms. The third-order valence-electron chi connectivity index (χ3n) is 2.44. The minimum Gasteiger partial charge on any atom is -0.398 e. The Balaban J connectivity index is 1.78. The zero-order valence-electron chi connectivity index (χ0n) is 9.36. The van der Waals surface area contributed by atoms with Crippen LogP contribution in [0.1, 0.15) is 10.4 Å². The summed E-state index contributed by atoms with van der Waals surface area (Å²) in [4.78, 5) is 1.30. The first-order valence-corrected chi connectivity index (χ1v) is 6.27. The third kappa shape index (κ3) is 3.54. The maximum atomic E-state index is 12.8. The summed E-state index contributed by atoms with van der Waals surface area (Å²) in [5.41, 5.74) is 6.96. The zero-order chi connectivity index (χ0) is 12.1. The van der Waals surface area contributed by atoms with E-state index >= 15 is 0 Å². The maximum Gasteiger partial charge on any atom is 0.125 e. The van der Waals surface area contributed by atoms with Crippen molar-refractivity contribution in [2.75, 3.05) is 12.3 Å². The molecule has 17 heavy (non-hydrogen) atoms. The predicted molar refractivity (Wildman–Crippen MR) is 68.5 cm³/mol. The van der Waals surface area contributed by atoms with Gasteiger partial charge in [0.25, 0.3) is 0 Å². The van der Waals surface area contributed by atoms with Crippen molar-refractivity contribution in [2.45, 2.75) is 13.0 Å². The van der Waals surface area contributed by atoms with E-state index in [1.165, 1.54) is 17.0 Å². The lowest BCUT2D eigenvalue weighted by atomic mass is 10.2. The highest BCUT2D eigenvalue weighted by molar-refractivity contribution is 7.09. The summed E-state index contributed by atoms with van der Waals surface area (Å²) in [7, 11) is 0. The van der Waals surface area contributed by atoms with Gasteiger partial charge in [0, 0.05) is 22.5 Å². The molecule has 1 heterocycles. The molecule has 4 heteroatoms. The SMILES string of the molecule is Nc1cc(F)ccc1COCCc1cccs1. The van der Waals surface area contributed by atoms with Crippen LogP contribution in [0, 0.1) is 5.82 Å². The van der Waals surface area contributed by atoms with Gasteiger partial charge in [-0.15, -0.1) is 11.3 Å². The second kappa shape index (κ2) is 5.80. The molecule has 0 fully saturated rings. The van der Waals surface area contributed by atoms with Crippen molar-refractivity contribution in [3.63, 3.8) is 0 Å². The Hall–Kier alpha value is -1.39. The van der Waals surface area contributed by atoms with Gasteiger partial charge in [-0.25, -0.2) is 4.39 Å². The average molecular weight is 251 g/mol. The maximum absolute atomic E-state index is 12.8. The van der Waals surface area contributed by atoms with E-state index in [9.17, 15) is 4.39 Å². The van der Waals surface area contributed by atoms with Crippen LogP contribution in [-0.4, -0.2) is 6.61 Å². The van der Waals surface area contributed by atoms with Gasteiger partial charge >= 0.3 is 0 Å². The fourth-order valence-corrected chi connectivity index (χ4v) is 2.20. The third-order valence-corrected chi connectivity index (χ3v) is 3.37. The molecule has 0 aliphatic carbocycles. The highest BCUT2D eigenvalue weighted by atomic mass is 32.1. The van der Waals surface area contributed by atoms with Gasteiger partial charge in [-0.2, -0.15) is 0 Å². The van der Waals surface area contributed by atoms with Crippen molar-refractivity contribution in [3.8, 4) is 0 Å². The molecular formula is C13H14FNOS. The van der Waals surface area contributed by atoms with Gasteiger partial charge in [0.15, 0.2) is 0 Å². The fraction of sp³-hybridized carbons (Fsp3) is 0.231. The Morgan fingerprint density at radius 2 is 2.18 bits per heavy atom. The molecule has 2 aromatic rings. The van der Waals surface area contributed by atoms with Crippen LogP contribution < -0.4 is 5.73 Å². The molecule has 2 nitrogen and oxygen atoms in total.